The lowest BCUT2D eigenvalue weighted by molar-refractivity contribution is 0.342. The Labute approximate surface area is 113 Å². The molecule has 2 heteroatoms. The first kappa shape index (κ1) is 15.2. The summed E-state index contributed by atoms with van der Waals surface area (Å²) in [5, 5.41) is 12.2. The Hall–Kier alpha value is -0.863. The number of aliphatic hydroxyl groups is 1. The van der Waals surface area contributed by atoms with Crippen LogP contribution in [-0.2, 0) is 0 Å². The van der Waals surface area contributed by atoms with Crippen molar-refractivity contribution in [3.8, 4) is 0 Å². The van der Waals surface area contributed by atoms with Gasteiger partial charge in [-0.1, -0.05) is 79.7 Å². The molecule has 1 rings (SSSR count). The molecule has 0 bridgehead atoms. The Morgan fingerprint density at radius 3 is 2.39 bits per heavy atom. The van der Waals surface area contributed by atoms with Crippen LogP contribution in [0.2, 0.25) is 13.1 Å². The van der Waals surface area contributed by atoms with Gasteiger partial charge >= 0.3 is 0 Å². The molecule has 0 fully saturated rings. The van der Waals surface area contributed by atoms with Gasteiger partial charge in [-0.05, 0) is 12.8 Å². The molecule has 0 spiro atoms. The van der Waals surface area contributed by atoms with Gasteiger partial charge in [0.25, 0.3) is 0 Å². The first-order chi connectivity index (χ1) is 8.62. The number of hydrogen-bond donors (Lipinski definition) is 1. The summed E-state index contributed by atoms with van der Waals surface area (Å²) in [6, 6.07) is 10.8. The molecule has 0 saturated heterocycles. The van der Waals surface area contributed by atoms with Crippen molar-refractivity contribution >= 4 is 13.3 Å². The van der Waals surface area contributed by atoms with Crippen molar-refractivity contribution in [1.82, 2.24) is 0 Å². The number of hydrogen-bond acceptors (Lipinski definition) is 1. The lowest BCUT2D eigenvalue weighted by Crippen LogP contribution is -2.43. The fourth-order valence-electron chi connectivity index (χ4n) is 2.39. The van der Waals surface area contributed by atoms with Gasteiger partial charge in [0.05, 0.1) is 6.61 Å². The largest absolute Gasteiger partial charge is 0.392 e. The number of allylic oxidation sites excluding steroid dienone is 1. The van der Waals surface area contributed by atoms with Gasteiger partial charge in [0, 0.05) is 0 Å². The quantitative estimate of drug-likeness (QED) is 0.587. The summed E-state index contributed by atoms with van der Waals surface area (Å²) >= 11 is 0. The third-order valence-corrected chi connectivity index (χ3v) is 7.52. The minimum absolute atomic E-state index is 0.171. The van der Waals surface area contributed by atoms with E-state index >= 15 is 0 Å². The molecule has 0 aliphatic heterocycles. The minimum Gasteiger partial charge on any atom is -0.392 e. The van der Waals surface area contributed by atoms with E-state index in [2.05, 4.69) is 56.4 Å². The van der Waals surface area contributed by atoms with E-state index in [-0.39, 0.29) is 6.61 Å². The smallest absolute Gasteiger partial charge is 0.107 e. The van der Waals surface area contributed by atoms with E-state index in [0.717, 1.165) is 6.42 Å². The molecule has 0 atom stereocenters. The SMILES string of the molecule is CCCCC/C(=C/CO)[Si](C)(C)c1ccccc1. The molecule has 0 radical (unpaired) electrons. The van der Waals surface area contributed by atoms with Crippen LogP contribution in [0.15, 0.2) is 41.6 Å². The molecule has 0 unspecified atom stereocenters. The van der Waals surface area contributed by atoms with Crippen LogP contribution in [0.25, 0.3) is 0 Å². The average Bonchev–Trinajstić information content (AvgIpc) is 2.39. The minimum atomic E-state index is -1.58. The van der Waals surface area contributed by atoms with Crippen molar-refractivity contribution in [1.29, 1.82) is 0 Å². The van der Waals surface area contributed by atoms with E-state index in [1.54, 1.807) is 0 Å². The van der Waals surface area contributed by atoms with Crippen LogP contribution in [0.5, 0.6) is 0 Å². The maximum Gasteiger partial charge on any atom is 0.107 e. The molecule has 1 aromatic rings. The molecule has 1 N–H and O–H groups in total. The van der Waals surface area contributed by atoms with E-state index in [1.807, 2.05) is 0 Å². The highest BCUT2D eigenvalue weighted by Crippen LogP contribution is 2.21. The maximum atomic E-state index is 9.25. The van der Waals surface area contributed by atoms with Crippen LogP contribution in [0, 0.1) is 0 Å². The topological polar surface area (TPSA) is 20.2 Å². The van der Waals surface area contributed by atoms with Crippen LogP contribution < -0.4 is 5.19 Å². The highest BCUT2D eigenvalue weighted by atomic mass is 28.3. The average molecular weight is 262 g/mol. The molecule has 0 heterocycles. The number of aliphatic hydroxyl groups excluding tert-OH is 1. The number of rotatable bonds is 7. The molecule has 0 aliphatic carbocycles. The van der Waals surface area contributed by atoms with Crippen LogP contribution in [-0.4, -0.2) is 19.8 Å². The van der Waals surface area contributed by atoms with E-state index in [9.17, 15) is 5.11 Å². The number of benzene rings is 1. The molecular weight excluding hydrogens is 236 g/mol. The summed E-state index contributed by atoms with van der Waals surface area (Å²) in [5.41, 5.74) is 0. The lowest BCUT2D eigenvalue weighted by atomic mass is 10.2. The third kappa shape index (κ3) is 4.11. The molecule has 0 aliphatic rings. The summed E-state index contributed by atoms with van der Waals surface area (Å²) < 4.78 is 0. The van der Waals surface area contributed by atoms with Crippen molar-refractivity contribution < 1.29 is 5.11 Å². The molecule has 1 aromatic carbocycles. The monoisotopic (exact) mass is 262 g/mol. The van der Waals surface area contributed by atoms with E-state index in [4.69, 9.17) is 0 Å². The second-order valence-corrected chi connectivity index (χ2v) is 9.83. The predicted octanol–water partition coefficient (Wildman–Crippen LogP) is 3.64. The maximum absolute atomic E-state index is 9.25. The first-order valence-electron chi connectivity index (χ1n) is 6.98. The summed E-state index contributed by atoms with van der Waals surface area (Å²) in [7, 11) is -1.58. The predicted molar refractivity (Wildman–Crippen MR) is 82.9 cm³/mol. The van der Waals surface area contributed by atoms with Crippen LogP contribution in [0.3, 0.4) is 0 Å². The zero-order valence-corrected chi connectivity index (χ0v) is 12.9. The summed E-state index contributed by atoms with van der Waals surface area (Å²) in [6.45, 7) is 7.17. The van der Waals surface area contributed by atoms with Gasteiger partial charge in [0.2, 0.25) is 0 Å². The van der Waals surface area contributed by atoms with Crippen molar-refractivity contribution in [2.75, 3.05) is 6.61 Å². The van der Waals surface area contributed by atoms with Gasteiger partial charge in [-0.25, -0.2) is 0 Å². The Bertz CT molecular complexity index is 368. The van der Waals surface area contributed by atoms with Gasteiger partial charge in [-0.3, -0.25) is 0 Å². The Morgan fingerprint density at radius 1 is 1.17 bits per heavy atom. The van der Waals surface area contributed by atoms with E-state index in [1.165, 1.54) is 29.6 Å². The van der Waals surface area contributed by atoms with Crippen molar-refractivity contribution in [2.24, 2.45) is 0 Å². The Kier molecular flexibility index (Phi) is 6.37. The lowest BCUT2D eigenvalue weighted by Gasteiger charge is -2.27. The fraction of sp³-hybridized carbons (Fsp3) is 0.500. The van der Waals surface area contributed by atoms with E-state index < -0.39 is 8.07 Å². The van der Waals surface area contributed by atoms with Crippen molar-refractivity contribution in [2.45, 2.75) is 45.7 Å². The zero-order valence-electron chi connectivity index (χ0n) is 11.9. The summed E-state index contributed by atoms with van der Waals surface area (Å²) in [5.74, 6) is 0. The summed E-state index contributed by atoms with van der Waals surface area (Å²) in [6.07, 6.45) is 6.96. The van der Waals surface area contributed by atoms with Gasteiger partial charge in [0.15, 0.2) is 0 Å². The molecule has 0 amide bonds. The van der Waals surface area contributed by atoms with Crippen molar-refractivity contribution in [3.05, 3.63) is 41.6 Å². The van der Waals surface area contributed by atoms with Crippen LogP contribution in [0.1, 0.15) is 32.6 Å². The normalized spacial score (nSPS) is 12.8. The van der Waals surface area contributed by atoms with Crippen LogP contribution in [0.4, 0.5) is 0 Å². The molecule has 0 saturated carbocycles. The fourth-order valence-corrected chi connectivity index (χ4v) is 5.19. The highest BCUT2D eigenvalue weighted by Gasteiger charge is 2.27. The first-order valence-corrected chi connectivity index (χ1v) is 9.98. The van der Waals surface area contributed by atoms with Gasteiger partial charge < -0.3 is 5.11 Å². The van der Waals surface area contributed by atoms with Gasteiger partial charge in [-0.2, -0.15) is 0 Å². The Morgan fingerprint density at radius 2 is 1.83 bits per heavy atom. The zero-order chi connectivity index (χ0) is 13.4. The van der Waals surface area contributed by atoms with E-state index in [0.29, 0.717) is 0 Å². The van der Waals surface area contributed by atoms with Gasteiger partial charge in [-0.15, -0.1) is 0 Å². The standard InChI is InChI=1S/C16H26OSi/c1-4-5-7-10-16(13-14-17)18(2,3)15-11-8-6-9-12-15/h6,8-9,11-13,17H,4-5,7,10,14H2,1-3H3/b16-13-. The molecule has 0 aromatic heterocycles. The Balaban J connectivity index is 2.87. The second kappa shape index (κ2) is 7.55. The summed E-state index contributed by atoms with van der Waals surface area (Å²) in [4.78, 5) is 0. The third-order valence-electron chi connectivity index (χ3n) is 3.69. The van der Waals surface area contributed by atoms with Crippen LogP contribution >= 0.6 is 0 Å². The molecule has 100 valence electrons. The molecule has 18 heavy (non-hydrogen) atoms. The molecule has 1 nitrogen and oxygen atoms in total. The van der Waals surface area contributed by atoms with Gasteiger partial charge in [0.1, 0.15) is 8.07 Å². The second-order valence-electron chi connectivity index (χ2n) is 5.36. The van der Waals surface area contributed by atoms with Crippen molar-refractivity contribution in [3.63, 3.8) is 0 Å². The number of unbranched alkanes of at least 4 members (excludes halogenated alkanes) is 2. The molecular formula is C16H26OSi. The highest BCUT2D eigenvalue weighted by molar-refractivity contribution is 6.95.